The lowest BCUT2D eigenvalue weighted by Gasteiger charge is -2.29. The summed E-state index contributed by atoms with van der Waals surface area (Å²) in [7, 11) is 0. The van der Waals surface area contributed by atoms with Gasteiger partial charge in [0.25, 0.3) is 5.91 Å². The molecule has 0 saturated heterocycles. The highest BCUT2D eigenvalue weighted by Gasteiger charge is 2.35. The second-order valence-corrected chi connectivity index (χ2v) is 10.2. The molecule has 0 unspecified atom stereocenters. The van der Waals surface area contributed by atoms with Crippen LogP contribution in [0.5, 0.6) is 17.2 Å². The van der Waals surface area contributed by atoms with Crippen molar-refractivity contribution in [2.45, 2.75) is 38.3 Å². The normalized spacial score (nSPS) is 13.2. The lowest BCUT2D eigenvalue weighted by molar-refractivity contribution is -0.149. The fourth-order valence-electron chi connectivity index (χ4n) is 4.95. The third-order valence-electron chi connectivity index (χ3n) is 6.90. The monoisotopic (exact) mass is 619 g/mol. The summed E-state index contributed by atoms with van der Waals surface area (Å²) in [6.07, 6.45) is -0.0492. The molecule has 0 radical (unpaired) electrons. The zero-order chi connectivity index (χ0) is 32.8. The number of nitrogens with zero attached hydrogens (tertiary/aromatic N) is 1. The number of carboxylic acids is 3. The Morgan fingerprint density at radius 3 is 2.42 bits per heavy atom. The summed E-state index contributed by atoms with van der Waals surface area (Å²) in [6, 6.07) is 10.3. The lowest BCUT2D eigenvalue weighted by atomic mass is 9.98. The first-order valence-corrected chi connectivity index (χ1v) is 13.6. The number of phenolic OH excluding ortho intramolecular Hbond substituents is 1. The maximum absolute atomic E-state index is 14.1. The van der Waals surface area contributed by atoms with Crippen LogP contribution >= 0.6 is 0 Å². The van der Waals surface area contributed by atoms with E-state index in [2.05, 4.69) is 0 Å². The number of amides is 1. The molecule has 7 N–H and O–H groups in total. The zero-order valence-electron chi connectivity index (χ0n) is 23.7. The van der Waals surface area contributed by atoms with E-state index < -0.39 is 54.5 Å². The summed E-state index contributed by atoms with van der Waals surface area (Å²) in [5, 5.41) is 46.3. The van der Waals surface area contributed by atoms with E-state index in [9.17, 15) is 44.4 Å². The second-order valence-electron chi connectivity index (χ2n) is 10.2. The van der Waals surface area contributed by atoms with Gasteiger partial charge in [-0.15, -0.1) is 0 Å². The van der Waals surface area contributed by atoms with E-state index in [1.807, 2.05) is 0 Å². The van der Waals surface area contributed by atoms with Gasteiger partial charge in [0.15, 0.2) is 11.5 Å². The number of ether oxygens (including phenoxy) is 2. The number of hydrogen-bond acceptors (Lipinski definition) is 9. The Kier molecular flexibility index (Phi) is 9.66. The number of aryl methyl sites for hydroxylation is 1. The average Bonchev–Trinajstić information content (AvgIpc) is 2.96. The van der Waals surface area contributed by atoms with Crippen LogP contribution in [0, 0.1) is 5.41 Å². The molecular weight excluding hydrogens is 590 g/mol. The number of benzene rings is 3. The summed E-state index contributed by atoms with van der Waals surface area (Å²) in [4.78, 5) is 63.4. The van der Waals surface area contributed by atoms with Gasteiger partial charge in [-0.2, -0.15) is 0 Å². The summed E-state index contributed by atoms with van der Waals surface area (Å²) in [5.41, 5.74) is 6.57. The first-order valence-electron chi connectivity index (χ1n) is 13.6. The summed E-state index contributed by atoms with van der Waals surface area (Å²) >= 11 is 0. The molecule has 1 atom stereocenters. The minimum absolute atomic E-state index is 0.0117. The largest absolute Gasteiger partial charge is 0.508 e. The molecule has 0 spiro atoms. The number of aromatic hydroxyl groups is 1. The summed E-state index contributed by atoms with van der Waals surface area (Å²) < 4.78 is 11.5. The number of fused-ring (bicyclic) bond motifs is 2. The van der Waals surface area contributed by atoms with E-state index in [1.165, 1.54) is 18.2 Å². The number of carboxylic acid groups (broad SMARTS) is 3. The van der Waals surface area contributed by atoms with Crippen molar-refractivity contribution in [3.63, 3.8) is 0 Å². The van der Waals surface area contributed by atoms with Gasteiger partial charge in [0.1, 0.15) is 11.8 Å². The number of carbonyl (C=O) groups is 5. The molecule has 4 rings (SSSR count). The number of aliphatic carboxylic acids is 2. The highest BCUT2D eigenvalue weighted by molar-refractivity contribution is 6.01. The summed E-state index contributed by atoms with van der Waals surface area (Å²) in [6.45, 7) is -0.561. The molecule has 0 bridgehead atoms. The molecule has 14 nitrogen and oxygen atoms in total. The number of rotatable bonds is 10. The van der Waals surface area contributed by atoms with Crippen LogP contribution in [0.3, 0.4) is 0 Å². The average molecular weight is 620 g/mol. The van der Waals surface area contributed by atoms with Crippen molar-refractivity contribution < 1.29 is 53.9 Å². The Balaban J connectivity index is 1.76. The Bertz CT molecular complexity index is 1700. The van der Waals surface area contributed by atoms with Crippen LogP contribution in [0.1, 0.15) is 60.6 Å². The molecule has 0 aromatic heterocycles. The van der Waals surface area contributed by atoms with Crippen molar-refractivity contribution in [2.75, 3.05) is 6.61 Å². The third-order valence-corrected chi connectivity index (χ3v) is 6.90. The SMILES string of the molecule is N=C(N)Cc1ccc2c(c1)CCCOc1c(cccc1C(=O)N(Cc1cc(O)cc(C(=O)O)c1)[C@@H](CC(=O)O)C(=O)O)OC2=O. The standard InChI is InChI=1S/C31H29N3O11/c32-25(33)12-16-6-7-21-18(9-16)3-2-8-44-27-22(4-1-5-24(27)45-31(21)43)28(38)34(23(30(41)42)14-26(36)37)15-17-10-19(29(39)40)13-20(35)11-17/h1,4-7,9-11,13,23,35H,2-3,8,12,14-15H2,(H3,32,33)(H,36,37)(H,39,40)(H,41,42)/t23-/m0/s1. The molecule has 0 aliphatic carbocycles. The van der Waals surface area contributed by atoms with Crippen molar-refractivity contribution in [3.05, 3.63) is 88.0 Å². The van der Waals surface area contributed by atoms with Crippen LogP contribution in [0.25, 0.3) is 0 Å². The molecular formula is C31H29N3O11. The molecule has 1 aliphatic heterocycles. The number of esters is 1. The van der Waals surface area contributed by atoms with Crippen molar-refractivity contribution in [3.8, 4) is 17.2 Å². The maximum atomic E-state index is 14.1. The minimum Gasteiger partial charge on any atom is -0.508 e. The molecule has 234 valence electrons. The lowest BCUT2D eigenvalue weighted by Crippen LogP contribution is -2.46. The van der Waals surface area contributed by atoms with Gasteiger partial charge >= 0.3 is 23.9 Å². The molecule has 14 heteroatoms. The van der Waals surface area contributed by atoms with E-state index in [0.29, 0.717) is 23.3 Å². The number of nitrogens with one attached hydrogen (secondary N) is 1. The van der Waals surface area contributed by atoms with Crippen molar-refractivity contribution in [1.82, 2.24) is 4.90 Å². The van der Waals surface area contributed by atoms with Gasteiger partial charge in [-0.05, 0) is 65.9 Å². The first kappa shape index (κ1) is 32.0. The van der Waals surface area contributed by atoms with Crippen LogP contribution in [-0.2, 0) is 29.0 Å². The van der Waals surface area contributed by atoms with Gasteiger partial charge in [-0.1, -0.05) is 18.2 Å². The number of phenols is 1. The minimum atomic E-state index is -1.92. The molecule has 3 aromatic carbocycles. The van der Waals surface area contributed by atoms with Gasteiger partial charge in [-0.25, -0.2) is 14.4 Å². The fraction of sp³-hybridized carbons (Fsp3) is 0.226. The predicted molar refractivity (Wildman–Crippen MR) is 156 cm³/mol. The van der Waals surface area contributed by atoms with E-state index in [-0.39, 0.29) is 52.6 Å². The smallest absolute Gasteiger partial charge is 0.343 e. The fourth-order valence-corrected chi connectivity index (χ4v) is 4.95. The van der Waals surface area contributed by atoms with Gasteiger partial charge in [-0.3, -0.25) is 15.0 Å². The first-order chi connectivity index (χ1) is 21.3. The van der Waals surface area contributed by atoms with E-state index in [1.54, 1.807) is 18.2 Å². The second kappa shape index (κ2) is 13.6. The molecule has 0 fully saturated rings. The number of aromatic carboxylic acids is 1. The van der Waals surface area contributed by atoms with Crippen molar-refractivity contribution in [2.24, 2.45) is 5.73 Å². The Morgan fingerprint density at radius 2 is 1.76 bits per heavy atom. The van der Waals surface area contributed by atoms with Crippen molar-refractivity contribution >= 4 is 35.6 Å². The van der Waals surface area contributed by atoms with Crippen LogP contribution in [0.2, 0.25) is 0 Å². The molecule has 45 heavy (non-hydrogen) atoms. The van der Waals surface area contributed by atoms with E-state index in [0.717, 1.165) is 23.8 Å². The predicted octanol–water partition coefficient (Wildman–Crippen LogP) is 2.68. The van der Waals surface area contributed by atoms with Crippen LogP contribution in [0.4, 0.5) is 0 Å². The van der Waals surface area contributed by atoms with Crippen LogP contribution in [-0.4, -0.2) is 73.6 Å². The highest BCUT2D eigenvalue weighted by Crippen LogP contribution is 2.35. The van der Waals surface area contributed by atoms with Crippen molar-refractivity contribution in [1.29, 1.82) is 5.41 Å². The zero-order valence-corrected chi connectivity index (χ0v) is 23.7. The highest BCUT2D eigenvalue weighted by atomic mass is 16.6. The Hall–Kier alpha value is -5.92. The maximum Gasteiger partial charge on any atom is 0.343 e. The number of carbonyl (C=O) groups excluding carboxylic acids is 2. The number of nitrogens with two attached hydrogens (primary N) is 1. The van der Waals surface area contributed by atoms with Crippen LogP contribution in [0.15, 0.2) is 54.6 Å². The van der Waals surface area contributed by atoms with Gasteiger partial charge in [0, 0.05) is 13.0 Å². The van der Waals surface area contributed by atoms with Gasteiger partial charge in [0.05, 0.1) is 35.6 Å². The number of amidine groups is 1. The molecule has 1 amide bonds. The quantitative estimate of drug-likeness (QED) is 0.0831. The van der Waals surface area contributed by atoms with E-state index in [4.69, 9.17) is 20.6 Å². The third kappa shape index (κ3) is 7.73. The molecule has 1 aliphatic rings. The van der Waals surface area contributed by atoms with E-state index >= 15 is 0 Å². The van der Waals surface area contributed by atoms with Gasteiger partial charge in [0.2, 0.25) is 0 Å². The molecule has 0 saturated carbocycles. The topological polar surface area (TPSA) is 238 Å². The Labute approximate surface area is 255 Å². The number of hydrogen-bond donors (Lipinski definition) is 6. The molecule has 1 heterocycles. The van der Waals surface area contributed by atoms with Crippen LogP contribution < -0.4 is 15.2 Å². The summed E-state index contributed by atoms with van der Waals surface area (Å²) in [5.74, 6) is -7.18. The molecule has 3 aromatic rings. The Morgan fingerprint density at radius 1 is 1.00 bits per heavy atom. The number of para-hydroxylation sites is 1. The van der Waals surface area contributed by atoms with Gasteiger partial charge < -0.3 is 40.5 Å².